The fraction of sp³-hybridized carbons (Fsp3) is 0.860. The molecule has 0 fully saturated rings. The van der Waals surface area contributed by atoms with E-state index < -0.39 is 12.1 Å². The third kappa shape index (κ3) is 49.4. The van der Waals surface area contributed by atoms with E-state index in [9.17, 15) is 19.8 Å². The van der Waals surface area contributed by atoms with Crippen LogP contribution < -0.4 is 5.32 Å². The number of hydrogen-bond acceptors (Lipinski definition) is 5. The van der Waals surface area contributed by atoms with Crippen molar-refractivity contribution < 1.29 is 24.5 Å². The maximum atomic E-state index is 12.4. The Morgan fingerprint density at radius 3 is 1.13 bits per heavy atom. The number of aliphatic hydroxyl groups excluding tert-OH is 2. The predicted octanol–water partition coefficient (Wildman–Crippen LogP) is 16.9. The van der Waals surface area contributed by atoms with Crippen LogP contribution in [0.1, 0.15) is 290 Å². The van der Waals surface area contributed by atoms with E-state index in [2.05, 4.69) is 43.5 Å². The summed E-state index contributed by atoms with van der Waals surface area (Å²) in [6.07, 6.45) is 64.5. The van der Waals surface area contributed by atoms with E-state index in [4.69, 9.17) is 4.74 Å². The fourth-order valence-corrected chi connectivity index (χ4v) is 8.33. The van der Waals surface area contributed by atoms with Crippen molar-refractivity contribution in [3.63, 3.8) is 0 Å². The van der Waals surface area contributed by atoms with E-state index >= 15 is 0 Å². The minimum absolute atomic E-state index is 0.000368. The molecule has 0 radical (unpaired) electrons. The highest BCUT2D eigenvalue weighted by atomic mass is 16.5. The van der Waals surface area contributed by atoms with E-state index in [0.29, 0.717) is 19.4 Å². The Hall–Kier alpha value is -1.92. The molecular weight excluding hydrogens is 779 g/mol. The molecule has 0 aliphatic carbocycles. The van der Waals surface area contributed by atoms with Crippen molar-refractivity contribution in [2.24, 2.45) is 0 Å². The number of aliphatic hydroxyl groups is 2. The average molecular weight is 886 g/mol. The third-order valence-corrected chi connectivity index (χ3v) is 12.6. The van der Waals surface area contributed by atoms with Gasteiger partial charge in [0.15, 0.2) is 0 Å². The van der Waals surface area contributed by atoms with Gasteiger partial charge in [0.25, 0.3) is 0 Å². The molecule has 0 spiro atoms. The number of allylic oxidation sites excluding steroid dienone is 5. The summed E-state index contributed by atoms with van der Waals surface area (Å²) in [5.74, 6) is -0.0813. The molecule has 0 aromatic rings. The van der Waals surface area contributed by atoms with Gasteiger partial charge in [-0.2, -0.15) is 0 Å². The number of nitrogens with one attached hydrogen (secondary N) is 1. The van der Waals surface area contributed by atoms with E-state index in [1.165, 1.54) is 212 Å². The molecule has 6 nitrogen and oxygen atoms in total. The number of ether oxygens (including phenoxy) is 1. The van der Waals surface area contributed by atoms with Gasteiger partial charge in [-0.3, -0.25) is 9.59 Å². The second-order valence-electron chi connectivity index (χ2n) is 18.9. The first kappa shape index (κ1) is 61.1. The number of carbonyl (C=O) groups is 2. The number of carbonyl (C=O) groups excluding carboxylic acids is 2. The average Bonchev–Trinajstić information content (AvgIpc) is 3.28. The van der Waals surface area contributed by atoms with Crippen molar-refractivity contribution >= 4 is 11.9 Å². The van der Waals surface area contributed by atoms with Crippen LogP contribution >= 0.6 is 0 Å². The first-order valence-electron chi connectivity index (χ1n) is 27.8. The summed E-state index contributed by atoms with van der Waals surface area (Å²) < 4.78 is 5.48. The first-order chi connectivity index (χ1) is 31.0. The minimum Gasteiger partial charge on any atom is -0.466 e. The maximum Gasteiger partial charge on any atom is 0.305 e. The van der Waals surface area contributed by atoms with Gasteiger partial charge in [0.2, 0.25) is 5.91 Å². The van der Waals surface area contributed by atoms with Crippen LogP contribution in [0, 0.1) is 0 Å². The van der Waals surface area contributed by atoms with Crippen LogP contribution in [0.4, 0.5) is 0 Å². The van der Waals surface area contributed by atoms with Crippen molar-refractivity contribution in [2.45, 2.75) is 302 Å². The van der Waals surface area contributed by atoms with Crippen molar-refractivity contribution in [1.82, 2.24) is 5.32 Å². The molecule has 3 N–H and O–H groups in total. The second kappa shape index (κ2) is 52.7. The van der Waals surface area contributed by atoms with Gasteiger partial charge in [-0.25, -0.2) is 0 Å². The lowest BCUT2D eigenvalue weighted by Gasteiger charge is -2.20. The zero-order valence-corrected chi connectivity index (χ0v) is 42.1. The Morgan fingerprint density at radius 1 is 0.429 bits per heavy atom. The van der Waals surface area contributed by atoms with Crippen molar-refractivity contribution in [2.75, 3.05) is 13.2 Å². The Kier molecular flexibility index (Phi) is 51.1. The Morgan fingerprint density at radius 2 is 0.746 bits per heavy atom. The number of rotatable bonds is 51. The number of esters is 1. The highest BCUT2D eigenvalue weighted by Gasteiger charge is 2.18. The molecule has 370 valence electrons. The van der Waals surface area contributed by atoms with E-state index in [1.807, 2.05) is 6.08 Å². The molecule has 0 saturated heterocycles. The lowest BCUT2D eigenvalue weighted by atomic mass is 10.1. The van der Waals surface area contributed by atoms with E-state index in [1.54, 1.807) is 6.08 Å². The summed E-state index contributed by atoms with van der Waals surface area (Å²) in [5.41, 5.74) is 0. The minimum atomic E-state index is -0.848. The number of hydrogen-bond donors (Lipinski definition) is 3. The van der Waals surface area contributed by atoms with Crippen LogP contribution in [-0.4, -0.2) is 47.4 Å². The summed E-state index contributed by atoms with van der Waals surface area (Å²) in [6.45, 7) is 4.86. The van der Waals surface area contributed by atoms with E-state index in [-0.39, 0.29) is 18.5 Å². The molecule has 2 unspecified atom stereocenters. The summed E-state index contributed by atoms with van der Waals surface area (Å²) in [5, 5.41) is 22.9. The standard InChI is InChI=1S/C57H107NO5/c1-3-5-7-9-11-13-14-15-16-17-22-25-28-31-35-39-43-47-51-57(62)63-52-48-44-40-36-32-29-26-23-20-18-19-21-24-27-30-34-38-42-46-50-56(61)58-54(53-59)55(60)49-45-41-37-33-12-10-8-6-4-2/h16-19,45,49,54-55,59-60H,3-15,20-44,46-48,50-53H2,1-2H3,(H,58,61)/b17-16-,19-18-,49-45+. The molecule has 0 aromatic heterocycles. The van der Waals surface area contributed by atoms with E-state index in [0.717, 1.165) is 51.4 Å². The summed E-state index contributed by atoms with van der Waals surface area (Å²) in [6, 6.07) is -0.633. The molecule has 6 heteroatoms. The predicted molar refractivity (Wildman–Crippen MR) is 273 cm³/mol. The van der Waals surface area contributed by atoms with Gasteiger partial charge in [-0.15, -0.1) is 0 Å². The van der Waals surface area contributed by atoms with Crippen LogP contribution in [0.3, 0.4) is 0 Å². The first-order valence-corrected chi connectivity index (χ1v) is 27.8. The Bertz CT molecular complexity index is 1020. The van der Waals surface area contributed by atoms with Crippen LogP contribution in [0.25, 0.3) is 0 Å². The maximum absolute atomic E-state index is 12.4. The van der Waals surface area contributed by atoms with Gasteiger partial charge in [0, 0.05) is 12.8 Å². The Labute approximate surface area is 392 Å². The smallest absolute Gasteiger partial charge is 0.305 e. The second-order valence-corrected chi connectivity index (χ2v) is 18.9. The molecule has 0 bridgehead atoms. The summed E-state index contributed by atoms with van der Waals surface area (Å²) in [4.78, 5) is 24.4. The zero-order valence-electron chi connectivity index (χ0n) is 42.1. The van der Waals surface area contributed by atoms with Gasteiger partial charge in [0.05, 0.1) is 25.4 Å². The SMILES string of the molecule is CCCCCCCCC/C=C\CCCCCCCCCC(=O)OCCCCCCCCCC/C=C\CCCCCCCCCC(=O)NC(CO)C(O)/C=C/CCCCCCCCC. The van der Waals surface area contributed by atoms with Crippen LogP contribution in [0.5, 0.6) is 0 Å². The normalized spacial score (nSPS) is 12.9. The number of amides is 1. The van der Waals surface area contributed by atoms with Gasteiger partial charge in [-0.05, 0) is 83.5 Å². The van der Waals surface area contributed by atoms with Gasteiger partial charge < -0.3 is 20.3 Å². The quantitative estimate of drug-likeness (QED) is 0.0321. The monoisotopic (exact) mass is 886 g/mol. The molecule has 0 rings (SSSR count). The van der Waals surface area contributed by atoms with Gasteiger partial charge >= 0.3 is 5.97 Å². The summed E-state index contributed by atoms with van der Waals surface area (Å²) in [7, 11) is 0. The molecular formula is C57H107NO5. The van der Waals surface area contributed by atoms with Crippen molar-refractivity contribution in [3.8, 4) is 0 Å². The van der Waals surface area contributed by atoms with Gasteiger partial charge in [0.1, 0.15) is 0 Å². The highest BCUT2D eigenvalue weighted by molar-refractivity contribution is 5.76. The molecule has 1 amide bonds. The Balaban J connectivity index is 3.42. The van der Waals surface area contributed by atoms with Crippen LogP contribution in [-0.2, 0) is 14.3 Å². The molecule has 0 saturated carbocycles. The molecule has 2 atom stereocenters. The molecule has 0 aliphatic heterocycles. The molecule has 0 heterocycles. The summed E-state index contributed by atoms with van der Waals surface area (Å²) >= 11 is 0. The largest absolute Gasteiger partial charge is 0.466 e. The topological polar surface area (TPSA) is 95.9 Å². The zero-order chi connectivity index (χ0) is 45.8. The third-order valence-electron chi connectivity index (χ3n) is 12.6. The van der Waals surface area contributed by atoms with Crippen LogP contribution in [0.15, 0.2) is 36.5 Å². The number of unbranched alkanes of at least 4 members (excludes halogenated alkanes) is 36. The van der Waals surface area contributed by atoms with Crippen molar-refractivity contribution in [1.29, 1.82) is 0 Å². The molecule has 0 aliphatic rings. The molecule has 0 aromatic carbocycles. The lowest BCUT2D eigenvalue weighted by Crippen LogP contribution is -2.45. The van der Waals surface area contributed by atoms with Gasteiger partial charge in [-0.1, -0.05) is 230 Å². The lowest BCUT2D eigenvalue weighted by molar-refractivity contribution is -0.143. The van der Waals surface area contributed by atoms with Crippen LogP contribution in [0.2, 0.25) is 0 Å². The fourth-order valence-electron chi connectivity index (χ4n) is 8.33. The highest BCUT2D eigenvalue weighted by Crippen LogP contribution is 2.15. The van der Waals surface area contributed by atoms with Crippen molar-refractivity contribution in [3.05, 3.63) is 36.5 Å². The molecule has 63 heavy (non-hydrogen) atoms.